The zero-order chi connectivity index (χ0) is 12.3. The van der Waals surface area contributed by atoms with Crippen LogP contribution in [0.4, 0.5) is 17.3 Å². The van der Waals surface area contributed by atoms with Gasteiger partial charge in [0.2, 0.25) is 0 Å². The first-order valence-electron chi connectivity index (χ1n) is 5.29. The molecule has 0 aliphatic carbocycles. The highest BCUT2D eigenvalue weighted by molar-refractivity contribution is 5.72. The van der Waals surface area contributed by atoms with E-state index in [0.29, 0.717) is 17.3 Å². The second-order valence-electron chi connectivity index (χ2n) is 3.84. The van der Waals surface area contributed by atoms with Crippen LogP contribution in [0.1, 0.15) is 5.56 Å². The number of nitrogens with zero attached hydrogens (tertiary/aromatic N) is 3. The molecule has 0 saturated carbocycles. The fraction of sp³-hybridized carbons (Fsp3) is 0.167. The Bertz CT molecular complexity index is 498. The lowest BCUT2D eigenvalue weighted by molar-refractivity contribution is 0.894. The van der Waals surface area contributed by atoms with Crippen molar-refractivity contribution in [2.75, 3.05) is 23.4 Å². The Morgan fingerprint density at radius 3 is 2.53 bits per heavy atom. The molecule has 5 nitrogen and oxygen atoms in total. The van der Waals surface area contributed by atoms with Gasteiger partial charge in [0.15, 0.2) is 11.6 Å². The molecule has 0 spiro atoms. The number of hydrogen-bond acceptors (Lipinski definition) is 5. The summed E-state index contributed by atoms with van der Waals surface area (Å²) in [5.41, 5.74) is 13.1. The maximum absolute atomic E-state index is 5.85. The maximum atomic E-state index is 5.85. The Morgan fingerprint density at radius 2 is 1.82 bits per heavy atom. The zero-order valence-corrected chi connectivity index (χ0v) is 9.67. The third-order valence-corrected chi connectivity index (χ3v) is 2.52. The van der Waals surface area contributed by atoms with Crippen molar-refractivity contribution in [2.24, 2.45) is 0 Å². The minimum atomic E-state index is 0.315. The molecule has 0 atom stereocenters. The molecule has 0 fully saturated rings. The third kappa shape index (κ3) is 2.44. The first-order valence-corrected chi connectivity index (χ1v) is 5.29. The molecule has 4 N–H and O–H groups in total. The number of rotatable bonds is 3. The van der Waals surface area contributed by atoms with Gasteiger partial charge in [0, 0.05) is 13.6 Å². The molecule has 17 heavy (non-hydrogen) atoms. The molecule has 0 radical (unpaired) electrons. The van der Waals surface area contributed by atoms with Gasteiger partial charge >= 0.3 is 0 Å². The summed E-state index contributed by atoms with van der Waals surface area (Å²) in [6, 6.07) is 10.1. The highest BCUT2D eigenvalue weighted by atomic mass is 15.2. The SMILES string of the molecule is CN(Cc1ccccc1)c1ncnc(N)c1N. The standard InChI is InChI=1S/C12H15N5/c1-17(7-9-5-3-2-4-6-9)12-10(13)11(14)15-8-16-12/h2-6,8H,7,13H2,1H3,(H2,14,15,16). The van der Waals surface area contributed by atoms with Gasteiger partial charge in [-0.1, -0.05) is 30.3 Å². The predicted molar refractivity (Wildman–Crippen MR) is 69.4 cm³/mol. The van der Waals surface area contributed by atoms with Crippen LogP contribution in [0.25, 0.3) is 0 Å². The van der Waals surface area contributed by atoms with Gasteiger partial charge in [-0.3, -0.25) is 0 Å². The van der Waals surface area contributed by atoms with Crippen molar-refractivity contribution in [3.05, 3.63) is 42.2 Å². The van der Waals surface area contributed by atoms with E-state index in [9.17, 15) is 0 Å². The summed E-state index contributed by atoms with van der Waals surface area (Å²) in [5, 5.41) is 0. The Hall–Kier alpha value is -2.30. The van der Waals surface area contributed by atoms with E-state index in [0.717, 1.165) is 6.54 Å². The number of nitrogen functional groups attached to an aromatic ring is 2. The molecule has 0 saturated heterocycles. The van der Waals surface area contributed by atoms with Gasteiger partial charge in [-0.2, -0.15) is 0 Å². The Kier molecular flexibility index (Phi) is 3.09. The number of aromatic nitrogens is 2. The molecular weight excluding hydrogens is 214 g/mol. The summed E-state index contributed by atoms with van der Waals surface area (Å²) >= 11 is 0. The molecule has 5 heteroatoms. The van der Waals surface area contributed by atoms with Crippen LogP contribution in [0.5, 0.6) is 0 Å². The lowest BCUT2D eigenvalue weighted by Crippen LogP contribution is -2.20. The van der Waals surface area contributed by atoms with Gasteiger partial charge in [0.05, 0.1) is 0 Å². The van der Waals surface area contributed by atoms with Crippen molar-refractivity contribution in [3.63, 3.8) is 0 Å². The van der Waals surface area contributed by atoms with Crippen molar-refractivity contribution in [2.45, 2.75) is 6.54 Å². The van der Waals surface area contributed by atoms with E-state index >= 15 is 0 Å². The average Bonchev–Trinajstić information content (AvgIpc) is 2.34. The molecule has 1 aromatic heterocycles. The fourth-order valence-electron chi connectivity index (χ4n) is 1.64. The molecule has 1 aromatic carbocycles. The van der Waals surface area contributed by atoms with Crippen molar-refractivity contribution in [3.8, 4) is 0 Å². The van der Waals surface area contributed by atoms with E-state index in [1.807, 2.05) is 30.1 Å². The monoisotopic (exact) mass is 229 g/mol. The molecule has 0 unspecified atom stereocenters. The van der Waals surface area contributed by atoms with Crippen molar-refractivity contribution in [1.82, 2.24) is 9.97 Å². The van der Waals surface area contributed by atoms with Crippen LogP contribution in [0.3, 0.4) is 0 Å². The van der Waals surface area contributed by atoms with Gasteiger partial charge < -0.3 is 16.4 Å². The third-order valence-electron chi connectivity index (χ3n) is 2.52. The molecule has 0 aliphatic rings. The summed E-state index contributed by atoms with van der Waals surface area (Å²) in [7, 11) is 1.92. The first kappa shape index (κ1) is 11.2. The van der Waals surface area contributed by atoms with Gasteiger partial charge in [-0.05, 0) is 5.56 Å². The molecule has 2 rings (SSSR count). The lowest BCUT2D eigenvalue weighted by atomic mass is 10.2. The van der Waals surface area contributed by atoms with E-state index in [2.05, 4.69) is 22.1 Å². The van der Waals surface area contributed by atoms with Crippen LogP contribution in [-0.4, -0.2) is 17.0 Å². The van der Waals surface area contributed by atoms with E-state index in [1.54, 1.807) is 0 Å². The minimum Gasteiger partial charge on any atom is -0.393 e. The van der Waals surface area contributed by atoms with Crippen LogP contribution in [-0.2, 0) is 6.54 Å². The van der Waals surface area contributed by atoms with Crippen LogP contribution in [0, 0.1) is 0 Å². The first-order chi connectivity index (χ1) is 8.18. The maximum Gasteiger partial charge on any atom is 0.157 e. The van der Waals surface area contributed by atoms with Crippen molar-refractivity contribution < 1.29 is 0 Å². The normalized spacial score (nSPS) is 10.2. The quantitative estimate of drug-likeness (QED) is 0.828. The smallest absolute Gasteiger partial charge is 0.157 e. The van der Waals surface area contributed by atoms with E-state index in [4.69, 9.17) is 11.5 Å². The summed E-state index contributed by atoms with van der Waals surface area (Å²) in [6.07, 6.45) is 1.42. The number of anilines is 3. The largest absolute Gasteiger partial charge is 0.393 e. The second kappa shape index (κ2) is 4.69. The molecular formula is C12H15N5. The van der Waals surface area contributed by atoms with Crippen LogP contribution < -0.4 is 16.4 Å². The minimum absolute atomic E-state index is 0.315. The summed E-state index contributed by atoms with van der Waals surface area (Å²) in [4.78, 5) is 9.94. The highest BCUT2D eigenvalue weighted by Gasteiger charge is 2.10. The number of benzene rings is 1. The summed E-state index contributed by atoms with van der Waals surface area (Å²) in [5.74, 6) is 0.969. The van der Waals surface area contributed by atoms with Crippen LogP contribution in [0.2, 0.25) is 0 Å². The summed E-state index contributed by atoms with van der Waals surface area (Å²) in [6.45, 7) is 0.724. The second-order valence-corrected chi connectivity index (χ2v) is 3.84. The number of hydrogen-bond donors (Lipinski definition) is 2. The molecule has 2 aromatic rings. The molecule has 88 valence electrons. The highest BCUT2D eigenvalue weighted by Crippen LogP contribution is 2.23. The molecule has 0 aliphatic heterocycles. The fourth-order valence-corrected chi connectivity index (χ4v) is 1.64. The molecule has 0 bridgehead atoms. The lowest BCUT2D eigenvalue weighted by Gasteiger charge is -2.19. The van der Waals surface area contributed by atoms with Gasteiger partial charge in [0.1, 0.15) is 12.0 Å². The Balaban J connectivity index is 2.20. The Labute approximate surface area is 100 Å². The predicted octanol–water partition coefficient (Wildman–Crippen LogP) is 1.28. The van der Waals surface area contributed by atoms with Crippen LogP contribution >= 0.6 is 0 Å². The van der Waals surface area contributed by atoms with Crippen molar-refractivity contribution >= 4 is 17.3 Å². The van der Waals surface area contributed by atoms with E-state index < -0.39 is 0 Å². The van der Waals surface area contributed by atoms with Gasteiger partial charge in [-0.25, -0.2) is 9.97 Å². The number of nitrogens with two attached hydrogens (primary N) is 2. The topological polar surface area (TPSA) is 81.1 Å². The summed E-state index contributed by atoms with van der Waals surface area (Å²) < 4.78 is 0. The van der Waals surface area contributed by atoms with E-state index in [-0.39, 0.29) is 0 Å². The zero-order valence-electron chi connectivity index (χ0n) is 9.67. The van der Waals surface area contributed by atoms with Crippen LogP contribution in [0.15, 0.2) is 36.7 Å². The van der Waals surface area contributed by atoms with Gasteiger partial charge in [0.25, 0.3) is 0 Å². The van der Waals surface area contributed by atoms with Gasteiger partial charge in [-0.15, -0.1) is 0 Å². The molecule has 0 amide bonds. The van der Waals surface area contributed by atoms with Crippen molar-refractivity contribution in [1.29, 1.82) is 0 Å². The average molecular weight is 229 g/mol. The van der Waals surface area contributed by atoms with E-state index in [1.165, 1.54) is 11.9 Å². The molecule has 1 heterocycles. The Morgan fingerprint density at radius 1 is 1.12 bits per heavy atom.